The number of hydrogen-bond acceptors (Lipinski definition) is 3. The predicted molar refractivity (Wildman–Crippen MR) is 106 cm³/mol. The highest BCUT2D eigenvalue weighted by Gasteiger charge is 2.07. The normalized spacial score (nSPS) is 10.6. The molecule has 5 nitrogen and oxygen atoms in total. The van der Waals surface area contributed by atoms with Gasteiger partial charge in [0, 0.05) is 35.6 Å². The summed E-state index contributed by atoms with van der Waals surface area (Å²) >= 11 is 5.96. The third kappa shape index (κ3) is 5.59. The van der Waals surface area contributed by atoms with Crippen LogP contribution >= 0.6 is 11.6 Å². The van der Waals surface area contributed by atoms with Crippen LogP contribution in [0, 0.1) is 6.92 Å². The zero-order chi connectivity index (χ0) is 19.1. The Balaban J connectivity index is 1.48. The molecular formula is C21H22ClN3O2. The molecule has 0 saturated carbocycles. The topological polar surface area (TPSA) is 56.2 Å². The van der Waals surface area contributed by atoms with Crippen LogP contribution in [-0.4, -0.2) is 22.2 Å². The molecule has 6 heteroatoms. The quantitative estimate of drug-likeness (QED) is 0.592. The third-order valence-electron chi connectivity index (χ3n) is 4.15. The van der Waals surface area contributed by atoms with Crippen LogP contribution in [0.25, 0.3) is 0 Å². The van der Waals surface area contributed by atoms with E-state index in [1.165, 1.54) is 0 Å². The van der Waals surface area contributed by atoms with E-state index < -0.39 is 0 Å². The van der Waals surface area contributed by atoms with Crippen LogP contribution in [0.4, 0.5) is 0 Å². The lowest BCUT2D eigenvalue weighted by Crippen LogP contribution is -2.25. The van der Waals surface area contributed by atoms with Crippen molar-refractivity contribution in [1.82, 2.24) is 15.1 Å². The second-order valence-electron chi connectivity index (χ2n) is 6.25. The first-order valence-electron chi connectivity index (χ1n) is 8.86. The van der Waals surface area contributed by atoms with Gasteiger partial charge in [-0.3, -0.25) is 9.48 Å². The average Bonchev–Trinajstić information content (AvgIpc) is 3.08. The Morgan fingerprint density at radius 3 is 2.81 bits per heavy atom. The van der Waals surface area contributed by atoms with Crippen molar-refractivity contribution in [2.24, 2.45) is 0 Å². The van der Waals surface area contributed by atoms with Crippen LogP contribution < -0.4 is 10.1 Å². The number of carbonyl (C=O) groups excluding carboxylic acids is 1. The Morgan fingerprint density at radius 1 is 1.19 bits per heavy atom. The van der Waals surface area contributed by atoms with Gasteiger partial charge in [0.25, 0.3) is 5.91 Å². The fourth-order valence-electron chi connectivity index (χ4n) is 2.69. The number of rotatable bonds is 8. The maximum Gasteiger partial charge on any atom is 0.251 e. The van der Waals surface area contributed by atoms with Crippen molar-refractivity contribution in [2.45, 2.75) is 26.5 Å². The van der Waals surface area contributed by atoms with Crippen LogP contribution in [0.2, 0.25) is 5.02 Å². The number of nitrogens with zero attached hydrogens (tertiary/aromatic N) is 2. The number of aromatic nitrogens is 2. The predicted octanol–water partition coefficient (Wildman–Crippen LogP) is 4.24. The molecule has 3 rings (SSSR count). The maximum atomic E-state index is 12.4. The van der Waals surface area contributed by atoms with Crippen molar-refractivity contribution in [2.75, 3.05) is 6.54 Å². The lowest BCUT2D eigenvalue weighted by Gasteiger charge is -2.09. The van der Waals surface area contributed by atoms with E-state index in [0.29, 0.717) is 29.5 Å². The van der Waals surface area contributed by atoms with E-state index in [4.69, 9.17) is 16.3 Å². The Labute approximate surface area is 163 Å². The summed E-state index contributed by atoms with van der Waals surface area (Å²) in [5.41, 5.74) is 2.67. The molecule has 0 aliphatic heterocycles. The molecule has 0 saturated heterocycles. The highest BCUT2D eigenvalue weighted by atomic mass is 35.5. The van der Waals surface area contributed by atoms with Gasteiger partial charge in [0.2, 0.25) is 0 Å². The van der Waals surface area contributed by atoms with E-state index in [0.717, 1.165) is 24.2 Å². The molecule has 1 amide bonds. The molecule has 2 aromatic carbocycles. The summed E-state index contributed by atoms with van der Waals surface area (Å²) in [5.74, 6) is 0.614. The summed E-state index contributed by atoms with van der Waals surface area (Å²) in [6.07, 6.45) is 2.61. The molecule has 1 heterocycles. The van der Waals surface area contributed by atoms with Gasteiger partial charge in [0.1, 0.15) is 12.4 Å². The summed E-state index contributed by atoms with van der Waals surface area (Å²) in [5, 5.41) is 7.82. The summed E-state index contributed by atoms with van der Waals surface area (Å²) in [6, 6.07) is 16.7. The molecule has 0 atom stereocenters. The molecule has 0 radical (unpaired) electrons. The van der Waals surface area contributed by atoms with Crippen LogP contribution in [0.15, 0.2) is 60.8 Å². The second kappa shape index (κ2) is 9.24. The number of aryl methyl sites for hydroxylation is 2. The van der Waals surface area contributed by atoms with Crippen molar-refractivity contribution in [1.29, 1.82) is 0 Å². The van der Waals surface area contributed by atoms with Crippen molar-refractivity contribution >= 4 is 17.5 Å². The van der Waals surface area contributed by atoms with E-state index in [-0.39, 0.29) is 5.91 Å². The van der Waals surface area contributed by atoms with Crippen molar-refractivity contribution in [3.8, 4) is 5.75 Å². The SMILES string of the molecule is Cc1ccnn1CCCNC(=O)c1cccc(COc2cccc(Cl)c2)c1. The highest BCUT2D eigenvalue weighted by molar-refractivity contribution is 6.30. The van der Waals surface area contributed by atoms with Gasteiger partial charge < -0.3 is 10.1 Å². The molecule has 140 valence electrons. The number of hydrogen-bond donors (Lipinski definition) is 1. The number of benzene rings is 2. The van der Waals surface area contributed by atoms with E-state index in [2.05, 4.69) is 10.4 Å². The molecule has 0 spiro atoms. The first kappa shape index (κ1) is 19.0. The van der Waals surface area contributed by atoms with Gasteiger partial charge in [-0.15, -0.1) is 0 Å². The molecule has 0 aliphatic rings. The van der Waals surface area contributed by atoms with Crippen molar-refractivity contribution in [3.63, 3.8) is 0 Å². The summed E-state index contributed by atoms with van der Waals surface area (Å²) in [7, 11) is 0. The first-order valence-corrected chi connectivity index (χ1v) is 9.23. The van der Waals surface area contributed by atoms with E-state index in [1.54, 1.807) is 24.4 Å². The van der Waals surface area contributed by atoms with Crippen LogP contribution in [0.3, 0.4) is 0 Å². The fourth-order valence-corrected chi connectivity index (χ4v) is 2.87. The molecule has 1 aromatic heterocycles. The van der Waals surface area contributed by atoms with Gasteiger partial charge in [-0.05, 0) is 55.3 Å². The third-order valence-corrected chi connectivity index (χ3v) is 4.39. The Hall–Kier alpha value is -2.79. The van der Waals surface area contributed by atoms with Crippen LogP contribution in [-0.2, 0) is 13.2 Å². The molecule has 0 fully saturated rings. The Morgan fingerprint density at radius 2 is 2.04 bits per heavy atom. The molecule has 1 N–H and O–H groups in total. The number of nitrogens with one attached hydrogen (secondary N) is 1. The minimum absolute atomic E-state index is 0.0863. The zero-order valence-corrected chi connectivity index (χ0v) is 15.9. The van der Waals surface area contributed by atoms with E-state index in [1.807, 2.05) is 48.0 Å². The van der Waals surface area contributed by atoms with E-state index in [9.17, 15) is 4.79 Å². The average molecular weight is 384 g/mol. The van der Waals surface area contributed by atoms with Gasteiger partial charge in [-0.1, -0.05) is 29.8 Å². The maximum absolute atomic E-state index is 12.4. The second-order valence-corrected chi connectivity index (χ2v) is 6.69. The number of halogens is 1. The summed E-state index contributed by atoms with van der Waals surface area (Å²) in [4.78, 5) is 12.4. The molecular weight excluding hydrogens is 362 g/mol. The van der Waals surface area contributed by atoms with Gasteiger partial charge in [0.15, 0.2) is 0 Å². The highest BCUT2D eigenvalue weighted by Crippen LogP contribution is 2.18. The Kier molecular flexibility index (Phi) is 6.49. The molecule has 0 unspecified atom stereocenters. The van der Waals surface area contributed by atoms with Crippen LogP contribution in [0.5, 0.6) is 5.75 Å². The lowest BCUT2D eigenvalue weighted by atomic mass is 10.1. The number of ether oxygens (including phenoxy) is 1. The van der Waals surface area contributed by atoms with Gasteiger partial charge >= 0.3 is 0 Å². The lowest BCUT2D eigenvalue weighted by molar-refractivity contribution is 0.0952. The van der Waals surface area contributed by atoms with Crippen molar-refractivity contribution < 1.29 is 9.53 Å². The molecule has 0 aliphatic carbocycles. The number of amides is 1. The molecule has 3 aromatic rings. The van der Waals surface area contributed by atoms with Gasteiger partial charge in [0.05, 0.1) is 0 Å². The van der Waals surface area contributed by atoms with E-state index >= 15 is 0 Å². The summed E-state index contributed by atoms with van der Waals surface area (Å²) < 4.78 is 7.66. The first-order chi connectivity index (χ1) is 13.1. The standard InChI is InChI=1S/C21H22ClN3O2/c1-16-9-11-24-25(16)12-4-10-23-21(26)18-6-2-5-17(13-18)15-27-20-8-3-7-19(22)14-20/h2-3,5-9,11,13-14H,4,10,12,15H2,1H3,(H,23,26). The van der Waals surface area contributed by atoms with Crippen LogP contribution in [0.1, 0.15) is 28.0 Å². The van der Waals surface area contributed by atoms with Crippen molar-refractivity contribution in [3.05, 3.63) is 82.6 Å². The smallest absolute Gasteiger partial charge is 0.251 e. The summed E-state index contributed by atoms with van der Waals surface area (Å²) in [6.45, 7) is 3.77. The van der Waals surface area contributed by atoms with Gasteiger partial charge in [-0.2, -0.15) is 5.10 Å². The Bertz CT molecular complexity index is 908. The minimum Gasteiger partial charge on any atom is -0.489 e. The molecule has 0 bridgehead atoms. The number of carbonyl (C=O) groups is 1. The zero-order valence-electron chi connectivity index (χ0n) is 15.2. The molecule has 27 heavy (non-hydrogen) atoms. The largest absolute Gasteiger partial charge is 0.489 e. The minimum atomic E-state index is -0.0863. The monoisotopic (exact) mass is 383 g/mol. The fraction of sp³-hybridized carbons (Fsp3) is 0.238. The van der Waals surface area contributed by atoms with Gasteiger partial charge in [-0.25, -0.2) is 0 Å².